The number of nitrogens with one attached hydrogen (secondary N) is 1. The van der Waals surface area contributed by atoms with Gasteiger partial charge in [0.05, 0.1) is 0 Å². The molecule has 152 valence electrons. The van der Waals surface area contributed by atoms with Crippen LogP contribution in [0.5, 0.6) is 0 Å². The Morgan fingerprint density at radius 2 is 1.61 bits per heavy atom. The standard InChI is InChI=1S/C25H20N4O2/c30-25(28-20-7-8-22-21-5-1-2-6-23(21)31-24(22)14-20)29(16-18-9-12-26-13-10-18)17-19-4-3-11-27-15-19/h1-15H,16-17H2,(H,28,30). The summed E-state index contributed by atoms with van der Waals surface area (Å²) in [5.41, 5.74) is 4.22. The maximum atomic E-state index is 13.2. The second-order valence-electron chi connectivity index (χ2n) is 7.31. The van der Waals surface area contributed by atoms with Crippen molar-refractivity contribution in [2.24, 2.45) is 0 Å². The van der Waals surface area contributed by atoms with Crippen molar-refractivity contribution in [2.45, 2.75) is 13.1 Å². The maximum absolute atomic E-state index is 13.2. The van der Waals surface area contributed by atoms with E-state index in [1.807, 2.05) is 66.7 Å². The Kier molecular flexibility index (Phi) is 5.02. The summed E-state index contributed by atoms with van der Waals surface area (Å²) in [6, 6.07) is 21.1. The minimum atomic E-state index is -0.198. The maximum Gasteiger partial charge on any atom is 0.322 e. The summed E-state index contributed by atoms with van der Waals surface area (Å²) in [5, 5.41) is 5.10. The zero-order chi connectivity index (χ0) is 21.0. The lowest BCUT2D eigenvalue weighted by Gasteiger charge is -2.23. The molecule has 6 heteroatoms. The van der Waals surface area contributed by atoms with Gasteiger partial charge in [0.2, 0.25) is 0 Å². The average Bonchev–Trinajstić information content (AvgIpc) is 3.18. The van der Waals surface area contributed by atoms with E-state index in [-0.39, 0.29) is 6.03 Å². The van der Waals surface area contributed by atoms with E-state index in [1.165, 1.54) is 0 Å². The van der Waals surface area contributed by atoms with E-state index in [1.54, 1.807) is 29.7 Å². The van der Waals surface area contributed by atoms with Crippen molar-refractivity contribution < 1.29 is 9.21 Å². The van der Waals surface area contributed by atoms with E-state index >= 15 is 0 Å². The van der Waals surface area contributed by atoms with Gasteiger partial charge in [0.15, 0.2) is 0 Å². The first-order chi connectivity index (χ1) is 15.3. The average molecular weight is 408 g/mol. The number of hydrogen-bond acceptors (Lipinski definition) is 4. The van der Waals surface area contributed by atoms with Gasteiger partial charge in [-0.1, -0.05) is 24.3 Å². The number of nitrogens with zero attached hydrogens (tertiary/aromatic N) is 3. The number of carbonyl (C=O) groups is 1. The number of pyridine rings is 2. The highest BCUT2D eigenvalue weighted by molar-refractivity contribution is 6.06. The third-order valence-electron chi connectivity index (χ3n) is 5.14. The molecule has 5 aromatic rings. The number of aromatic nitrogens is 2. The van der Waals surface area contributed by atoms with Gasteiger partial charge in [-0.15, -0.1) is 0 Å². The van der Waals surface area contributed by atoms with Crippen LogP contribution < -0.4 is 5.32 Å². The number of rotatable bonds is 5. The predicted molar refractivity (Wildman–Crippen MR) is 120 cm³/mol. The molecule has 0 fully saturated rings. The fourth-order valence-electron chi connectivity index (χ4n) is 3.63. The first kappa shape index (κ1) is 18.8. The molecular weight excluding hydrogens is 388 g/mol. The molecule has 2 aromatic carbocycles. The zero-order valence-corrected chi connectivity index (χ0v) is 16.7. The lowest BCUT2D eigenvalue weighted by atomic mass is 10.1. The summed E-state index contributed by atoms with van der Waals surface area (Å²) in [5.74, 6) is 0. The molecular formula is C25H20N4O2. The van der Waals surface area contributed by atoms with Gasteiger partial charge in [-0.05, 0) is 47.5 Å². The van der Waals surface area contributed by atoms with Crippen LogP contribution >= 0.6 is 0 Å². The van der Waals surface area contributed by atoms with Crippen LogP contribution in [0.1, 0.15) is 11.1 Å². The molecule has 31 heavy (non-hydrogen) atoms. The lowest BCUT2D eigenvalue weighted by molar-refractivity contribution is 0.206. The Hall–Kier alpha value is -4.19. The molecule has 0 aliphatic rings. The molecule has 6 nitrogen and oxygen atoms in total. The molecule has 0 saturated carbocycles. The van der Waals surface area contributed by atoms with Crippen molar-refractivity contribution in [3.63, 3.8) is 0 Å². The van der Waals surface area contributed by atoms with Crippen LogP contribution in [-0.2, 0) is 13.1 Å². The number of furan rings is 1. The number of fused-ring (bicyclic) bond motifs is 3. The Labute approximate surface area is 179 Å². The van der Waals surface area contributed by atoms with Gasteiger partial charge in [-0.3, -0.25) is 9.97 Å². The topological polar surface area (TPSA) is 71.3 Å². The van der Waals surface area contributed by atoms with E-state index in [4.69, 9.17) is 4.42 Å². The van der Waals surface area contributed by atoms with Crippen molar-refractivity contribution in [3.8, 4) is 0 Å². The molecule has 3 aromatic heterocycles. The van der Waals surface area contributed by atoms with Crippen molar-refractivity contribution in [1.29, 1.82) is 0 Å². The van der Waals surface area contributed by atoms with Gasteiger partial charge in [0, 0.05) is 60.4 Å². The van der Waals surface area contributed by atoms with Crippen molar-refractivity contribution in [2.75, 3.05) is 5.32 Å². The number of amides is 2. The molecule has 0 saturated heterocycles. The van der Waals surface area contributed by atoms with Crippen LogP contribution in [0.25, 0.3) is 21.9 Å². The van der Waals surface area contributed by atoms with E-state index < -0.39 is 0 Å². The second-order valence-corrected chi connectivity index (χ2v) is 7.31. The Bertz CT molecular complexity index is 1290. The zero-order valence-electron chi connectivity index (χ0n) is 16.7. The smallest absolute Gasteiger partial charge is 0.322 e. The molecule has 0 atom stereocenters. The van der Waals surface area contributed by atoms with Crippen molar-refractivity contribution >= 4 is 33.7 Å². The summed E-state index contributed by atoms with van der Waals surface area (Å²) in [6.07, 6.45) is 6.95. The molecule has 1 N–H and O–H groups in total. The molecule has 0 radical (unpaired) electrons. The lowest BCUT2D eigenvalue weighted by Crippen LogP contribution is -2.34. The molecule has 5 rings (SSSR count). The number of anilines is 1. The number of benzene rings is 2. The summed E-state index contributed by atoms with van der Waals surface area (Å²) < 4.78 is 5.95. The molecule has 0 unspecified atom stereocenters. The van der Waals surface area contributed by atoms with Crippen molar-refractivity contribution in [1.82, 2.24) is 14.9 Å². The summed E-state index contributed by atoms with van der Waals surface area (Å²) >= 11 is 0. The van der Waals surface area contributed by atoms with Crippen LogP contribution in [0.2, 0.25) is 0 Å². The van der Waals surface area contributed by atoms with Gasteiger partial charge in [-0.2, -0.15) is 0 Å². The normalized spacial score (nSPS) is 11.0. The second kappa shape index (κ2) is 8.28. The van der Waals surface area contributed by atoms with E-state index in [0.717, 1.165) is 33.1 Å². The summed E-state index contributed by atoms with van der Waals surface area (Å²) in [7, 11) is 0. The number of hydrogen-bond donors (Lipinski definition) is 1. The fraction of sp³-hybridized carbons (Fsp3) is 0.0800. The van der Waals surface area contributed by atoms with Crippen LogP contribution in [0.3, 0.4) is 0 Å². The molecule has 0 bridgehead atoms. The quantitative estimate of drug-likeness (QED) is 0.410. The highest BCUT2D eigenvalue weighted by Gasteiger charge is 2.16. The SMILES string of the molecule is O=C(Nc1ccc2c(c1)oc1ccccc12)N(Cc1ccncc1)Cc1cccnc1. The molecule has 0 aliphatic heterocycles. The van der Waals surface area contributed by atoms with E-state index in [9.17, 15) is 4.79 Å². The molecule has 2 amide bonds. The third-order valence-corrected chi connectivity index (χ3v) is 5.14. The van der Waals surface area contributed by atoms with Crippen LogP contribution in [-0.4, -0.2) is 20.9 Å². The Morgan fingerprint density at radius 1 is 0.806 bits per heavy atom. The molecule has 0 spiro atoms. The molecule has 3 heterocycles. The minimum absolute atomic E-state index is 0.198. The van der Waals surface area contributed by atoms with Gasteiger partial charge in [0.1, 0.15) is 11.2 Å². The molecule has 0 aliphatic carbocycles. The van der Waals surface area contributed by atoms with Gasteiger partial charge < -0.3 is 14.6 Å². The fourth-order valence-corrected chi connectivity index (χ4v) is 3.63. The van der Waals surface area contributed by atoms with Crippen LogP contribution in [0, 0.1) is 0 Å². The Morgan fingerprint density at radius 3 is 2.45 bits per heavy atom. The highest BCUT2D eigenvalue weighted by Crippen LogP contribution is 2.30. The van der Waals surface area contributed by atoms with Crippen LogP contribution in [0.15, 0.2) is 95.9 Å². The van der Waals surface area contributed by atoms with Gasteiger partial charge in [0.25, 0.3) is 0 Å². The van der Waals surface area contributed by atoms with E-state index in [2.05, 4.69) is 15.3 Å². The summed E-state index contributed by atoms with van der Waals surface area (Å²) in [6.45, 7) is 0.894. The first-order valence-corrected chi connectivity index (χ1v) is 10.0. The number of para-hydroxylation sites is 1. The predicted octanol–water partition coefficient (Wildman–Crippen LogP) is 5.61. The summed E-state index contributed by atoms with van der Waals surface area (Å²) in [4.78, 5) is 23.1. The largest absolute Gasteiger partial charge is 0.456 e. The van der Waals surface area contributed by atoms with Gasteiger partial charge >= 0.3 is 6.03 Å². The van der Waals surface area contributed by atoms with Crippen LogP contribution in [0.4, 0.5) is 10.5 Å². The number of urea groups is 1. The van der Waals surface area contributed by atoms with E-state index in [0.29, 0.717) is 18.8 Å². The number of carbonyl (C=O) groups excluding carboxylic acids is 1. The van der Waals surface area contributed by atoms with Gasteiger partial charge in [-0.25, -0.2) is 4.79 Å². The first-order valence-electron chi connectivity index (χ1n) is 10.0. The Balaban J connectivity index is 1.41. The monoisotopic (exact) mass is 408 g/mol. The minimum Gasteiger partial charge on any atom is -0.456 e. The third kappa shape index (κ3) is 4.09. The highest BCUT2D eigenvalue weighted by atomic mass is 16.3. The van der Waals surface area contributed by atoms with Crippen molar-refractivity contribution in [3.05, 3.63) is 103 Å².